The first-order valence-corrected chi connectivity index (χ1v) is 13.4. The van der Waals surface area contributed by atoms with Gasteiger partial charge in [0.05, 0.1) is 23.6 Å². The lowest BCUT2D eigenvalue weighted by atomic mass is 9.96. The average molecular weight is 568 g/mol. The molecule has 1 unspecified atom stereocenters. The molecule has 2 aromatic rings. The van der Waals surface area contributed by atoms with Crippen LogP contribution >= 0.6 is 0 Å². The Balaban J connectivity index is 1.61. The van der Waals surface area contributed by atoms with Crippen LogP contribution in [0.5, 0.6) is 0 Å². The monoisotopic (exact) mass is 567 g/mol. The van der Waals surface area contributed by atoms with E-state index in [9.17, 15) is 33.0 Å². The van der Waals surface area contributed by atoms with Crippen LogP contribution in [0.2, 0.25) is 0 Å². The lowest BCUT2D eigenvalue weighted by molar-refractivity contribution is -0.142. The lowest BCUT2D eigenvalue weighted by Gasteiger charge is -2.44. The molecule has 220 valence electrons. The van der Waals surface area contributed by atoms with Crippen LogP contribution in [0, 0.1) is 5.92 Å². The van der Waals surface area contributed by atoms with E-state index in [0.717, 1.165) is 6.42 Å². The second kappa shape index (κ2) is 11.4. The summed E-state index contributed by atoms with van der Waals surface area (Å²) in [6, 6.07) is 0.721. The number of amides is 2. The first kappa shape index (κ1) is 29.8. The number of piperidine rings is 1. The largest absolute Gasteiger partial charge is 0.472 e. The number of carboxylic acid groups (broad SMARTS) is 1. The van der Waals surface area contributed by atoms with Gasteiger partial charge in [-0.25, -0.2) is 14.8 Å². The molecule has 13 heteroatoms. The van der Waals surface area contributed by atoms with Crippen LogP contribution in [-0.4, -0.2) is 84.3 Å². The number of rotatable bonds is 7. The zero-order valence-electron chi connectivity index (χ0n) is 23.1. The molecule has 3 atom stereocenters. The number of hydrogen-bond donors (Lipinski definition) is 2. The normalized spacial score (nSPS) is 20.2. The van der Waals surface area contributed by atoms with Crippen molar-refractivity contribution in [1.82, 2.24) is 24.7 Å². The Labute approximate surface area is 230 Å². The molecular formula is C27H36F3N5O5. The molecule has 0 saturated carbocycles. The van der Waals surface area contributed by atoms with Crippen molar-refractivity contribution in [2.24, 2.45) is 5.92 Å². The van der Waals surface area contributed by atoms with Crippen molar-refractivity contribution in [2.75, 3.05) is 19.6 Å². The highest BCUT2D eigenvalue weighted by Crippen LogP contribution is 2.36. The van der Waals surface area contributed by atoms with Gasteiger partial charge in [0.25, 0.3) is 0 Å². The third-order valence-electron chi connectivity index (χ3n) is 7.51. The first-order chi connectivity index (χ1) is 18.6. The van der Waals surface area contributed by atoms with E-state index >= 15 is 0 Å². The van der Waals surface area contributed by atoms with Crippen molar-refractivity contribution in [3.8, 4) is 11.4 Å². The number of likely N-dealkylation sites (tertiary alicyclic amines) is 1. The highest BCUT2D eigenvalue weighted by atomic mass is 19.4. The molecule has 4 rings (SSSR count). The molecule has 2 N–H and O–H groups in total. The quantitative estimate of drug-likeness (QED) is 0.510. The minimum Gasteiger partial charge on any atom is -0.472 e. The van der Waals surface area contributed by atoms with E-state index in [4.69, 9.17) is 4.42 Å². The molecule has 0 aromatic carbocycles. The smallest absolute Gasteiger partial charge is 0.433 e. The van der Waals surface area contributed by atoms with Crippen LogP contribution in [0.3, 0.4) is 0 Å². The predicted octanol–water partition coefficient (Wildman–Crippen LogP) is 4.23. The van der Waals surface area contributed by atoms with Crippen LogP contribution < -0.4 is 0 Å². The number of carbonyl (C=O) groups is 2. The molecule has 0 aliphatic carbocycles. The molecule has 10 nitrogen and oxygen atoms in total. The summed E-state index contributed by atoms with van der Waals surface area (Å²) in [6.07, 6.45) is -3.42. The highest BCUT2D eigenvalue weighted by molar-refractivity contribution is 5.77. The number of aromatic nitrogens is 2. The Kier molecular flexibility index (Phi) is 8.46. The van der Waals surface area contributed by atoms with Gasteiger partial charge in [-0.2, -0.15) is 13.2 Å². The summed E-state index contributed by atoms with van der Waals surface area (Å²) in [5.41, 5.74) is -1.42. The molecule has 0 bridgehead atoms. The van der Waals surface area contributed by atoms with E-state index in [0.29, 0.717) is 18.5 Å². The standard InChI is InChI=1S/C27H36F3N5O5/c1-16-5-6-21(36)34(12-16)13-18(35(25(38)39)26(2,3)4)11-22(37)33-9-7-19-20(14-33)31-24(17-8-10-40-15-17)32-23(19)27(28,29)30/h8,10,15-16,18,22,37H,5-7,9,11-14H2,1-4H3,(H,38,39)/t16-,18+,22?/m1/s1. The van der Waals surface area contributed by atoms with Crippen LogP contribution in [0.4, 0.5) is 18.0 Å². The van der Waals surface area contributed by atoms with Crippen LogP contribution in [0.15, 0.2) is 23.0 Å². The number of aliphatic hydroxyl groups excluding tert-OH is 1. The second-order valence-electron chi connectivity index (χ2n) is 11.7. The van der Waals surface area contributed by atoms with E-state index in [1.807, 2.05) is 6.92 Å². The van der Waals surface area contributed by atoms with Crippen molar-refractivity contribution >= 4 is 12.0 Å². The maximum Gasteiger partial charge on any atom is 0.433 e. The summed E-state index contributed by atoms with van der Waals surface area (Å²) in [7, 11) is 0. The van der Waals surface area contributed by atoms with E-state index in [1.165, 1.54) is 23.5 Å². The van der Waals surface area contributed by atoms with Crippen molar-refractivity contribution in [2.45, 2.75) is 83.9 Å². The Bertz CT molecular complexity index is 1210. The molecule has 2 aliphatic heterocycles. The fourth-order valence-electron chi connectivity index (χ4n) is 5.63. The van der Waals surface area contributed by atoms with E-state index in [2.05, 4.69) is 9.97 Å². The SMILES string of the molecule is C[C@@H]1CCC(=O)N(C[C@H](CC(O)N2CCc3c(nc(-c4ccoc4)nc3C(F)(F)F)C2)N(C(=O)O)C(C)(C)C)C1. The van der Waals surface area contributed by atoms with Crippen molar-refractivity contribution in [3.63, 3.8) is 0 Å². The van der Waals surface area contributed by atoms with Gasteiger partial charge in [0, 0.05) is 50.1 Å². The number of furan rings is 1. The zero-order valence-corrected chi connectivity index (χ0v) is 23.1. The summed E-state index contributed by atoms with van der Waals surface area (Å²) >= 11 is 0. The molecule has 0 radical (unpaired) electrons. The predicted molar refractivity (Wildman–Crippen MR) is 138 cm³/mol. The summed E-state index contributed by atoms with van der Waals surface area (Å²) in [4.78, 5) is 37.7. The average Bonchev–Trinajstić information content (AvgIpc) is 3.38. The molecule has 2 aliphatic rings. The van der Waals surface area contributed by atoms with E-state index < -0.39 is 35.8 Å². The first-order valence-electron chi connectivity index (χ1n) is 13.4. The number of hydrogen-bond acceptors (Lipinski definition) is 7. The van der Waals surface area contributed by atoms with Crippen LogP contribution in [0.1, 0.15) is 63.9 Å². The van der Waals surface area contributed by atoms with Gasteiger partial charge in [-0.1, -0.05) is 6.92 Å². The Hall–Kier alpha value is -3.19. The van der Waals surface area contributed by atoms with Crippen molar-refractivity contribution in [1.29, 1.82) is 0 Å². The number of halogens is 3. The highest BCUT2D eigenvalue weighted by Gasteiger charge is 2.41. The summed E-state index contributed by atoms with van der Waals surface area (Å²) in [5.74, 6) is 0.0742. The molecule has 40 heavy (non-hydrogen) atoms. The van der Waals surface area contributed by atoms with Gasteiger partial charge in [0.2, 0.25) is 5.91 Å². The van der Waals surface area contributed by atoms with Gasteiger partial charge in [-0.15, -0.1) is 0 Å². The molecule has 1 fully saturated rings. The minimum absolute atomic E-state index is 0.0190. The molecule has 2 aromatic heterocycles. The molecule has 2 amide bonds. The number of aliphatic hydroxyl groups is 1. The summed E-state index contributed by atoms with van der Waals surface area (Å²) in [6.45, 7) is 7.87. The Morgan fingerprint density at radius 1 is 1.25 bits per heavy atom. The van der Waals surface area contributed by atoms with Gasteiger partial charge in [-0.3, -0.25) is 14.6 Å². The third kappa shape index (κ3) is 6.57. The van der Waals surface area contributed by atoms with Gasteiger partial charge in [0.15, 0.2) is 11.5 Å². The maximum absolute atomic E-state index is 13.9. The van der Waals surface area contributed by atoms with Crippen LogP contribution in [-0.2, 0) is 23.9 Å². The third-order valence-corrected chi connectivity index (χ3v) is 7.51. The molecule has 0 spiro atoms. The van der Waals surface area contributed by atoms with Crippen molar-refractivity contribution < 1.29 is 37.4 Å². The second-order valence-corrected chi connectivity index (χ2v) is 11.7. The van der Waals surface area contributed by atoms with Gasteiger partial charge in [-0.05, 0) is 45.6 Å². The Morgan fingerprint density at radius 3 is 2.58 bits per heavy atom. The fraction of sp³-hybridized carbons (Fsp3) is 0.630. The zero-order chi connectivity index (χ0) is 29.4. The Morgan fingerprint density at radius 2 is 1.98 bits per heavy atom. The number of nitrogens with zero attached hydrogens (tertiary/aromatic N) is 5. The number of alkyl halides is 3. The van der Waals surface area contributed by atoms with E-state index in [-0.39, 0.29) is 61.4 Å². The number of fused-ring (bicyclic) bond motifs is 1. The van der Waals surface area contributed by atoms with Gasteiger partial charge < -0.3 is 19.5 Å². The summed E-state index contributed by atoms with van der Waals surface area (Å²) in [5, 5.41) is 21.4. The van der Waals surface area contributed by atoms with Crippen LogP contribution in [0.25, 0.3) is 11.4 Å². The van der Waals surface area contributed by atoms with Gasteiger partial charge in [0.1, 0.15) is 12.5 Å². The van der Waals surface area contributed by atoms with E-state index in [1.54, 1.807) is 30.6 Å². The summed E-state index contributed by atoms with van der Waals surface area (Å²) < 4.78 is 46.7. The number of carbonyl (C=O) groups excluding carboxylic acids is 1. The molecule has 1 saturated heterocycles. The molecular weight excluding hydrogens is 531 g/mol. The maximum atomic E-state index is 13.9. The lowest BCUT2D eigenvalue weighted by Crippen LogP contribution is -2.58. The van der Waals surface area contributed by atoms with Gasteiger partial charge >= 0.3 is 12.3 Å². The van der Waals surface area contributed by atoms with Crippen molar-refractivity contribution in [3.05, 3.63) is 35.5 Å². The topological polar surface area (TPSA) is 123 Å². The molecule has 4 heterocycles. The minimum atomic E-state index is -4.69. The fourth-order valence-corrected chi connectivity index (χ4v) is 5.63.